The molecule has 0 aliphatic heterocycles. The Balaban J connectivity index is 4.12. The molecule has 3 N–H and O–H groups in total. The average Bonchev–Trinajstić information content (AvgIpc) is 3.37. The number of rotatable bonds is 49. The molecule has 0 aliphatic rings. The number of ether oxygens (including phenoxy) is 2. The third-order valence-electron chi connectivity index (χ3n) is 10.6. The molecule has 10 heteroatoms. The van der Waals surface area contributed by atoms with Crippen LogP contribution in [-0.2, 0) is 32.7 Å². The maximum absolute atomic E-state index is 12.7. The van der Waals surface area contributed by atoms with Gasteiger partial charge in [0, 0.05) is 19.4 Å². The van der Waals surface area contributed by atoms with Crippen LogP contribution in [0.1, 0.15) is 187 Å². The molecule has 0 radical (unpaired) electrons. The largest absolute Gasteiger partial charge is 0.472 e. The Hall–Kier alpha value is -4.37. The summed E-state index contributed by atoms with van der Waals surface area (Å²) in [4.78, 5) is 35.0. The van der Waals surface area contributed by atoms with Gasteiger partial charge < -0.3 is 20.1 Å². The normalized spacial score (nSPS) is 14.3. The second kappa shape index (κ2) is 55.9. The van der Waals surface area contributed by atoms with Crippen molar-refractivity contribution in [3.8, 4) is 0 Å². The van der Waals surface area contributed by atoms with Crippen LogP contribution in [0.4, 0.5) is 0 Å². The Bertz CT molecular complexity index is 1730. The molecule has 0 saturated carbocycles. The summed E-state index contributed by atoms with van der Waals surface area (Å²) in [6.07, 6.45) is 81.5. The van der Waals surface area contributed by atoms with Crippen LogP contribution in [0, 0.1) is 0 Å². The second-order valence-electron chi connectivity index (χ2n) is 17.4. The van der Waals surface area contributed by atoms with Crippen molar-refractivity contribution >= 4 is 19.8 Å². The van der Waals surface area contributed by atoms with Gasteiger partial charge in [-0.2, -0.15) is 0 Å². The maximum Gasteiger partial charge on any atom is 0.472 e. The van der Waals surface area contributed by atoms with Crippen molar-refractivity contribution in [1.82, 2.24) is 0 Å². The zero-order valence-corrected chi connectivity index (χ0v) is 45.7. The molecule has 9 nitrogen and oxygen atoms in total. The van der Waals surface area contributed by atoms with Gasteiger partial charge in [-0.25, -0.2) is 4.57 Å². The number of unbranched alkanes of at least 4 members (excludes halogenated alkanes) is 10. The van der Waals surface area contributed by atoms with Gasteiger partial charge >= 0.3 is 19.8 Å². The number of carbonyl (C=O) groups is 2. The molecule has 0 bridgehead atoms. The van der Waals surface area contributed by atoms with Gasteiger partial charge in [0.15, 0.2) is 6.10 Å². The minimum absolute atomic E-state index is 0.0368. The van der Waals surface area contributed by atoms with E-state index in [9.17, 15) is 19.0 Å². The quantitative estimate of drug-likeness (QED) is 0.0264. The minimum atomic E-state index is -4.41. The van der Waals surface area contributed by atoms with E-state index in [4.69, 9.17) is 24.3 Å². The highest BCUT2D eigenvalue weighted by molar-refractivity contribution is 7.47. The molecular weight excluding hydrogens is 918 g/mol. The van der Waals surface area contributed by atoms with Crippen LogP contribution in [0.2, 0.25) is 0 Å². The number of carbonyl (C=O) groups excluding carboxylic acids is 2. The van der Waals surface area contributed by atoms with Crippen LogP contribution < -0.4 is 5.73 Å². The van der Waals surface area contributed by atoms with Crippen LogP contribution in [0.25, 0.3) is 0 Å². The molecule has 0 aromatic carbocycles. The first-order chi connectivity index (χ1) is 35.3. The number of hydrogen-bond acceptors (Lipinski definition) is 8. The lowest BCUT2D eigenvalue weighted by atomic mass is 10.1. The second-order valence-corrected chi connectivity index (χ2v) is 18.8. The Labute approximate surface area is 438 Å². The molecule has 0 aromatic rings. The lowest BCUT2D eigenvalue weighted by molar-refractivity contribution is -0.161. The van der Waals surface area contributed by atoms with Crippen LogP contribution in [0.5, 0.6) is 0 Å². The van der Waals surface area contributed by atoms with Crippen molar-refractivity contribution in [2.24, 2.45) is 5.73 Å². The molecule has 0 amide bonds. The summed E-state index contributed by atoms with van der Waals surface area (Å²) in [7, 11) is -4.41. The van der Waals surface area contributed by atoms with Crippen LogP contribution in [0.15, 0.2) is 158 Å². The standard InChI is InChI=1S/C62H98NO8P/c1-3-5-7-9-11-13-15-17-19-20-21-22-23-24-25-26-27-28-29-30-31-32-33-34-35-36-37-38-39-40-41-43-45-47-49-51-53-55-62(65)71-60(59-70-72(66,67)69-57-56-63)58-68-61(64)54-52-50-48-46-44-42-18-16-14-12-10-8-6-4-2/h5,7,10-13,16-19,21-22,24-25,27-28,30-31,33-34,36-37,39-40,43,45,60H,3-4,6,8-9,14-15,20,23,26,29,32,35,38,41-42,44,46-59,63H2,1-2H3,(H,66,67)/b7-5-,12-10-,13-11-,18-16-,19-17-,22-21-,25-24-,28-27-,31-30-,34-33-,37-36-,40-39-,45-43-. The highest BCUT2D eigenvalue weighted by Crippen LogP contribution is 2.43. The summed E-state index contributed by atoms with van der Waals surface area (Å²) in [5, 5.41) is 0. The van der Waals surface area contributed by atoms with Crippen molar-refractivity contribution in [2.75, 3.05) is 26.4 Å². The van der Waals surface area contributed by atoms with Crippen molar-refractivity contribution in [1.29, 1.82) is 0 Å². The first-order valence-electron chi connectivity index (χ1n) is 27.5. The van der Waals surface area contributed by atoms with E-state index in [1.165, 1.54) is 12.8 Å². The molecule has 0 rings (SSSR count). The Morgan fingerprint density at radius 1 is 0.431 bits per heavy atom. The summed E-state index contributed by atoms with van der Waals surface area (Å²) in [6.45, 7) is 3.49. The van der Waals surface area contributed by atoms with Crippen LogP contribution in [-0.4, -0.2) is 49.3 Å². The molecule has 72 heavy (non-hydrogen) atoms. The molecule has 2 atom stereocenters. The molecule has 404 valence electrons. The zero-order chi connectivity index (χ0) is 52.4. The van der Waals surface area contributed by atoms with Crippen molar-refractivity contribution in [3.63, 3.8) is 0 Å². The smallest absolute Gasteiger partial charge is 0.462 e. The number of phosphoric acid groups is 1. The fraction of sp³-hybridized carbons (Fsp3) is 0.548. The number of nitrogens with two attached hydrogens (primary N) is 1. The van der Waals surface area contributed by atoms with Crippen LogP contribution >= 0.6 is 7.82 Å². The first kappa shape index (κ1) is 67.6. The van der Waals surface area contributed by atoms with Gasteiger partial charge in [-0.3, -0.25) is 18.6 Å². The molecule has 2 unspecified atom stereocenters. The van der Waals surface area contributed by atoms with Crippen molar-refractivity contribution in [2.45, 2.75) is 193 Å². The fourth-order valence-corrected chi connectivity index (χ4v) is 7.36. The SMILES string of the molecule is CC/C=C\C/C=C\C/C=C\C/C=C\C/C=C\C/C=C\C/C=C\C/C=C\C/C=C\C/C=C\C/C=C\CCCCCC(=O)OC(COC(=O)CCCCCCC/C=C\C/C=C\CCCC)COP(=O)(O)OCCN. The number of hydrogen-bond donors (Lipinski definition) is 2. The van der Waals surface area contributed by atoms with E-state index in [0.29, 0.717) is 12.8 Å². The molecule has 0 saturated heterocycles. The monoisotopic (exact) mass is 1020 g/mol. The predicted octanol–water partition coefficient (Wildman–Crippen LogP) is 17.3. The zero-order valence-electron chi connectivity index (χ0n) is 44.8. The summed E-state index contributed by atoms with van der Waals surface area (Å²) < 4.78 is 32.9. The molecule has 0 aliphatic carbocycles. The Kier molecular flexibility index (Phi) is 52.5. The maximum atomic E-state index is 12.7. The summed E-state index contributed by atoms with van der Waals surface area (Å²) in [5.74, 6) is -0.898. The fourth-order valence-electron chi connectivity index (χ4n) is 6.60. The molecule has 0 aromatic heterocycles. The topological polar surface area (TPSA) is 134 Å². The number of allylic oxidation sites excluding steroid dienone is 26. The van der Waals surface area contributed by atoms with Gasteiger partial charge in [0.25, 0.3) is 0 Å². The van der Waals surface area contributed by atoms with E-state index in [1.54, 1.807) is 0 Å². The van der Waals surface area contributed by atoms with Gasteiger partial charge in [-0.05, 0) is 122 Å². The minimum Gasteiger partial charge on any atom is -0.462 e. The third kappa shape index (κ3) is 55.0. The lowest BCUT2D eigenvalue weighted by Gasteiger charge is -2.19. The molecule has 0 heterocycles. The molecular formula is C62H98NO8P. The van der Waals surface area contributed by atoms with Crippen molar-refractivity contribution in [3.05, 3.63) is 158 Å². The van der Waals surface area contributed by atoms with E-state index in [1.807, 2.05) is 0 Å². The average molecular weight is 1020 g/mol. The van der Waals surface area contributed by atoms with Crippen LogP contribution in [0.3, 0.4) is 0 Å². The Morgan fingerprint density at radius 2 is 0.764 bits per heavy atom. The van der Waals surface area contributed by atoms with Crippen molar-refractivity contribution < 1.29 is 37.6 Å². The van der Waals surface area contributed by atoms with E-state index in [2.05, 4.69) is 172 Å². The number of esters is 2. The molecule has 0 spiro atoms. The van der Waals surface area contributed by atoms with E-state index >= 15 is 0 Å². The van der Waals surface area contributed by atoms with Gasteiger partial charge in [0.1, 0.15) is 6.61 Å². The highest BCUT2D eigenvalue weighted by Gasteiger charge is 2.26. The number of phosphoric ester groups is 1. The summed E-state index contributed by atoms with van der Waals surface area (Å²) in [6, 6.07) is 0. The highest BCUT2D eigenvalue weighted by atomic mass is 31.2. The van der Waals surface area contributed by atoms with Gasteiger partial charge in [0.05, 0.1) is 13.2 Å². The van der Waals surface area contributed by atoms with E-state index in [-0.39, 0.29) is 32.6 Å². The lowest BCUT2D eigenvalue weighted by Crippen LogP contribution is -2.29. The summed E-state index contributed by atoms with van der Waals surface area (Å²) in [5.41, 5.74) is 5.36. The molecule has 0 fully saturated rings. The van der Waals surface area contributed by atoms with Gasteiger partial charge in [-0.1, -0.05) is 210 Å². The third-order valence-corrected chi connectivity index (χ3v) is 11.6. The first-order valence-corrected chi connectivity index (χ1v) is 29.0. The van der Waals surface area contributed by atoms with Gasteiger partial charge in [-0.15, -0.1) is 0 Å². The Morgan fingerprint density at radius 3 is 1.15 bits per heavy atom. The van der Waals surface area contributed by atoms with E-state index in [0.717, 1.165) is 135 Å². The van der Waals surface area contributed by atoms with E-state index < -0.39 is 32.5 Å². The van der Waals surface area contributed by atoms with Gasteiger partial charge in [0.2, 0.25) is 0 Å². The predicted molar refractivity (Wildman–Crippen MR) is 306 cm³/mol. The summed E-state index contributed by atoms with van der Waals surface area (Å²) >= 11 is 0.